The van der Waals surface area contributed by atoms with Crippen LogP contribution in [0.1, 0.15) is 21.7 Å². The number of aromatic nitrogens is 2. The highest BCUT2D eigenvalue weighted by Gasteiger charge is 2.16. The second-order valence-electron chi connectivity index (χ2n) is 3.88. The molecule has 5 heteroatoms. The number of rotatable bonds is 2. The number of carbonyl (C=O) groups is 1. The lowest BCUT2D eigenvalue weighted by Crippen LogP contribution is -2.08. The third-order valence-corrected chi connectivity index (χ3v) is 2.93. The summed E-state index contributed by atoms with van der Waals surface area (Å²) in [5.74, 6) is -0.573. The van der Waals surface area contributed by atoms with E-state index in [1.165, 1.54) is 0 Å². The summed E-state index contributed by atoms with van der Waals surface area (Å²) in [4.78, 5) is 19.5. The number of hydrogen-bond acceptors (Lipinski definition) is 3. The molecule has 0 aliphatic carbocycles. The number of halogens is 1. The van der Waals surface area contributed by atoms with E-state index in [9.17, 15) is 4.79 Å². The highest BCUT2D eigenvalue weighted by molar-refractivity contribution is 6.33. The Morgan fingerprint density at radius 1 is 1.17 bits per heavy atom. The normalized spacial score (nSPS) is 10.4. The van der Waals surface area contributed by atoms with Crippen molar-refractivity contribution in [2.45, 2.75) is 13.8 Å². The number of aryl methyl sites for hydroxylation is 2. The molecule has 0 aliphatic rings. The van der Waals surface area contributed by atoms with Crippen LogP contribution in [0.5, 0.6) is 0 Å². The van der Waals surface area contributed by atoms with Crippen LogP contribution in [0.4, 0.5) is 0 Å². The lowest BCUT2D eigenvalue weighted by Gasteiger charge is -2.08. The Balaban J connectivity index is 2.62. The van der Waals surface area contributed by atoms with Gasteiger partial charge in [-0.3, -0.25) is 0 Å². The maximum Gasteiger partial charge on any atom is 0.339 e. The van der Waals surface area contributed by atoms with Crippen molar-refractivity contribution in [3.05, 3.63) is 46.2 Å². The van der Waals surface area contributed by atoms with Gasteiger partial charge in [0.05, 0.1) is 16.4 Å². The summed E-state index contributed by atoms with van der Waals surface area (Å²) in [5.41, 5.74) is 1.71. The van der Waals surface area contributed by atoms with Crippen molar-refractivity contribution >= 4 is 17.6 Å². The molecule has 0 saturated carbocycles. The van der Waals surface area contributed by atoms with Gasteiger partial charge in [0.15, 0.2) is 5.82 Å². The van der Waals surface area contributed by atoms with Gasteiger partial charge in [-0.25, -0.2) is 14.8 Å². The molecule has 0 unspecified atom stereocenters. The molecule has 0 bridgehead atoms. The van der Waals surface area contributed by atoms with Crippen molar-refractivity contribution < 1.29 is 9.90 Å². The average molecular weight is 263 g/mol. The van der Waals surface area contributed by atoms with Gasteiger partial charge in [0.2, 0.25) is 0 Å². The van der Waals surface area contributed by atoms with E-state index < -0.39 is 5.97 Å². The summed E-state index contributed by atoms with van der Waals surface area (Å²) in [6.07, 6.45) is 0. The fourth-order valence-corrected chi connectivity index (χ4v) is 2.01. The highest BCUT2D eigenvalue weighted by Crippen LogP contribution is 2.25. The number of carboxylic acids is 1. The maximum absolute atomic E-state index is 11.1. The SMILES string of the molecule is Cc1nc(-c2ccccc2Cl)nc(C)c1C(=O)O. The van der Waals surface area contributed by atoms with Crippen molar-refractivity contribution in [1.82, 2.24) is 9.97 Å². The second-order valence-corrected chi connectivity index (χ2v) is 4.29. The molecule has 0 atom stereocenters. The predicted molar refractivity (Wildman–Crippen MR) is 68.9 cm³/mol. The molecule has 0 amide bonds. The molecule has 0 radical (unpaired) electrons. The number of hydrogen-bond donors (Lipinski definition) is 1. The standard InChI is InChI=1S/C13H11ClN2O2/c1-7-11(13(17)18)8(2)16-12(15-7)9-5-3-4-6-10(9)14/h3-6H,1-2H3,(H,17,18). The van der Waals surface area contributed by atoms with Crippen molar-refractivity contribution in [3.8, 4) is 11.4 Å². The topological polar surface area (TPSA) is 63.1 Å². The minimum Gasteiger partial charge on any atom is -0.478 e. The fraction of sp³-hybridized carbons (Fsp3) is 0.154. The van der Waals surface area contributed by atoms with Crippen molar-refractivity contribution in [1.29, 1.82) is 0 Å². The fourth-order valence-electron chi connectivity index (χ4n) is 1.79. The minimum absolute atomic E-state index is 0.144. The van der Waals surface area contributed by atoms with Gasteiger partial charge in [-0.15, -0.1) is 0 Å². The molecule has 4 nitrogen and oxygen atoms in total. The van der Waals surface area contributed by atoms with Crippen molar-refractivity contribution in [3.63, 3.8) is 0 Å². The molecule has 1 heterocycles. The van der Waals surface area contributed by atoms with Gasteiger partial charge in [-0.2, -0.15) is 0 Å². The molecule has 2 aromatic rings. The number of nitrogens with zero attached hydrogens (tertiary/aromatic N) is 2. The van der Waals surface area contributed by atoms with Gasteiger partial charge in [0.25, 0.3) is 0 Å². The Morgan fingerprint density at radius 2 is 1.72 bits per heavy atom. The van der Waals surface area contributed by atoms with E-state index in [1.807, 2.05) is 12.1 Å². The van der Waals surface area contributed by atoms with Crippen molar-refractivity contribution in [2.75, 3.05) is 0 Å². The zero-order valence-electron chi connectivity index (χ0n) is 9.94. The van der Waals surface area contributed by atoms with Crippen LogP contribution < -0.4 is 0 Å². The van der Waals surface area contributed by atoms with E-state index in [4.69, 9.17) is 16.7 Å². The van der Waals surface area contributed by atoms with Crippen molar-refractivity contribution in [2.24, 2.45) is 0 Å². The van der Waals surface area contributed by atoms with E-state index in [0.717, 1.165) is 0 Å². The highest BCUT2D eigenvalue weighted by atomic mass is 35.5. The molecule has 92 valence electrons. The van der Waals surface area contributed by atoms with Crippen LogP contribution in [-0.4, -0.2) is 21.0 Å². The minimum atomic E-state index is -1.02. The Kier molecular flexibility index (Phi) is 3.30. The van der Waals surface area contributed by atoms with Gasteiger partial charge in [-0.1, -0.05) is 23.7 Å². The van der Waals surface area contributed by atoms with Crippen LogP contribution >= 0.6 is 11.6 Å². The molecule has 18 heavy (non-hydrogen) atoms. The second kappa shape index (κ2) is 4.74. The van der Waals surface area contributed by atoms with E-state index >= 15 is 0 Å². The quantitative estimate of drug-likeness (QED) is 0.903. The van der Waals surface area contributed by atoms with E-state index in [1.54, 1.807) is 26.0 Å². The molecule has 0 fully saturated rings. The molecule has 0 spiro atoms. The summed E-state index contributed by atoms with van der Waals surface area (Å²) in [5, 5.41) is 9.60. The van der Waals surface area contributed by atoms with E-state index in [-0.39, 0.29) is 5.56 Å². The van der Waals surface area contributed by atoms with Gasteiger partial charge in [-0.05, 0) is 26.0 Å². The third-order valence-electron chi connectivity index (χ3n) is 2.60. The van der Waals surface area contributed by atoms with Gasteiger partial charge >= 0.3 is 5.97 Å². The molecular formula is C13H11ClN2O2. The van der Waals surface area contributed by atoms with Gasteiger partial charge in [0.1, 0.15) is 5.56 Å². The molecular weight excluding hydrogens is 252 g/mol. The molecule has 0 aliphatic heterocycles. The number of carboxylic acid groups (broad SMARTS) is 1. The summed E-state index contributed by atoms with van der Waals surface area (Å²) >= 11 is 6.07. The van der Waals surface area contributed by atoms with Gasteiger partial charge in [0, 0.05) is 5.56 Å². The first kappa shape index (κ1) is 12.5. The van der Waals surface area contributed by atoms with Crippen LogP contribution in [0.2, 0.25) is 5.02 Å². The zero-order chi connectivity index (χ0) is 13.3. The molecule has 1 aromatic carbocycles. The number of benzene rings is 1. The Hall–Kier alpha value is -1.94. The van der Waals surface area contributed by atoms with E-state index in [0.29, 0.717) is 27.8 Å². The van der Waals surface area contributed by atoms with E-state index in [2.05, 4.69) is 9.97 Å². The largest absolute Gasteiger partial charge is 0.478 e. The summed E-state index contributed by atoms with van der Waals surface area (Å²) in [6.45, 7) is 3.30. The lowest BCUT2D eigenvalue weighted by molar-refractivity contribution is 0.0694. The van der Waals surface area contributed by atoms with Gasteiger partial charge < -0.3 is 5.11 Å². The first-order chi connectivity index (χ1) is 8.50. The summed E-state index contributed by atoms with van der Waals surface area (Å²) in [7, 11) is 0. The Labute approximate surface area is 109 Å². The molecule has 0 saturated heterocycles. The Morgan fingerprint density at radius 3 is 2.22 bits per heavy atom. The lowest BCUT2D eigenvalue weighted by atomic mass is 10.1. The van der Waals surface area contributed by atoms with Crippen LogP contribution in [-0.2, 0) is 0 Å². The first-order valence-electron chi connectivity index (χ1n) is 5.34. The number of aromatic carboxylic acids is 1. The smallest absolute Gasteiger partial charge is 0.339 e. The summed E-state index contributed by atoms with van der Waals surface area (Å²) < 4.78 is 0. The monoisotopic (exact) mass is 262 g/mol. The average Bonchev–Trinajstić information content (AvgIpc) is 2.27. The molecule has 1 aromatic heterocycles. The Bertz CT molecular complexity index is 603. The predicted octanol–water partition coefficient (Wildman–Crippen LogP) is 3.11. The first-order valence-corrected chi connectivity index (χ1v) is 5.72. The summed E-state index contributed by atoms with van der Waals surface area (Å²) in [6, 6.07) is 7.20. The zero-order valence-corrected chi connectivity index (χ0v) is 10.7. The molecule has 1 N–H and O–H groups in total. The van der Waals surface area contributed by atoms with Crippen LogP contribution in [0.25, 0.3) is 11.4 Å². The molecule has 2 rings (SSSR count). The van der Waals surface area contributed by atoms with Crippen LogP contribution in [0.3, 0.4) is 0 Å². The third kappa shape index (κ3) is 2.19. The van der Waals surface area contributed by atoms with Crippen LogP contribution in [0.15, 0.2) is 24.3 Å². The maximum atomic E-state index is 11.1. The van der Waals surface area contributed by atoms with Crippen LogP contribution in [0, 0.1) is 13.8 Å².